The van der Waals surface area contributed by atoms with Crippen LogP contribution in [0, 0.1) is 18.8 Å². The van der Waals surface area contributed by atoms with Crippen LogP contribution in [0.2, 0.25) is 0 Å². The number of piperidine rings is 3. The van der Waals surface area contributed by atoms with E-state index < -0.39 is 10.0 Å². The first kappa shape index (κ1) is 22.2. The number of unbranched alkanes of at least 4 members (excludes halogenated alkanes) is 1. The van der Waals surface area contributed by atoms with E-state index in [4.69, 9.17) is 0 Å². The molecule has 4 rings (SSSR count). The molecule has 1 aromatic rings. The van der Waals surface area contributed by atoms with Gasteiger partial charge in [-0.3, -0.25) is 9.69 Å². The van der Waals surface area contributed by atoms with Gasteiger partial charge in [-0.15, -0.1) is 0 Å². The van der Waals surface area contributed by atoms with Gasteiger partial charge in [0.15, 0.2) is 9.34 Å². The van der Waals surface area contributed by atoms with Gasteiger partial charge in [-0.1, -0.05) is 31.1 Å². The van der Waals surface area contributed by atoms with E-state index in [0.717, 1.165) is 56.3 Å². The molecule has 0 unspecified atom stereocenters. The van der Waals surface area contributed by atoms with E-state index in [-0.39, 0.29) is 16.2 Å². The normalized spacial score (nSPS) is 30.1. The number of carbonyl (C=O) groups excluding carboxylic acids is 1. The number of hydrogen-bond acceptors (Lipinski definition) is 6. The standard InChI is InChI=1S/C21H34N4O3S2/c1-4-5-10-18-17-9-7-12-24-11-6-8-16(19(17)24)13-25(18)30(27,28)20-14(2)22-21(29-20)23-15(3)26/h16-19H,4-13H2,1-3H3,(H,22,23,26)/t16-,17+,18+,19-/m0/s1. The van der Waals surface area contributed by atoms with Gasteiger partial charge in [-0.2, -0.15) is 4.31 Å². The monoisotopic (exact) mass is 454 g/mol. The lowest BCUT2D eigenvalue weighted by atomic mass is 9.70. The zero-order valence-corrected chi connectivity index (χ0v) is 19.9. The van der Waals surface area contributed by atoms with E-state index in [0.29, 0.717) is 35.2 Å². The highest BCUT2D eigenvalue weighted by atomic mass is 32.2. The van der Waals surface area contributed by atoms with Gasteiger partial charge in [0.05, 0.1) is 5.69 Å². The zero-order valence-electron chi connectivity index (χ0n) is 18.3. The van der Waals surface area contributed by atoms with Crippen LogP contribution in [0.15, 0.2) is 4.21 Å². The summed E-state index contributed by atoms with van der Waals surface area (Å²) in [5, 5.41) is 3.01. The lowest BCUT2D eigenvalue weighted by Crippen LogP contribution is -2.65. The highest BCUT2D eigenvalue weighted by Crippen LogP contribution is 2.45. The number of anilines is 1. The average Bonchev–Trinajstić information content (AvgIpc) is 3.07. The molecule has 168 valence electrons. The molecule has 3 saturated heterocycles. The van der Waals surface area contributed by atoms with Crippen molar-refractivity contribution >= 4 is 32.4 Å². The number of rotatable bonds is 6. The van der Waals surface area contributed by atoms with Gasteiger partial charge >= 0.3 is 0 Å². The van der Waals surface area contributed by atoms with Gasteiger partial charge in [0, 0.05) is 25.6 Å². The maximum Gasteiger partial charge on any atom is 0.254 e. The van der Waals surface area contributed by atoms with Crippen molar-refractivity contribution in [1.82, 2.24) is 14.2 Å². The molecule has 0 aliphatic carbocycles. The molecule has 1 aromatic heterocycles. The number of aromatic nitrogens is 1. The highest BCUT2D eigenvalue weighted by Gasteiger charge is 2.51. The van der Waals surface area contributed by atoms with Gasteiger partial charge < -0.3 is 5.32 Å². The number of thiazole rings is 1. The Morgan fingerprint density at radius 2 is 2.00 bits per heavy atom. The molecule has 1 amide bonds. The minimum atomic E-state index is -3.65. The lowest BCUT2D eigenvalue weighted by molar-refractivity contribution is -0.114. The zero-order chi connectivity index (χ0) is 21.5. The third kappa shape index (κ3) is 4.06. The molecule has 4 heterocycles. The summed E-state index contributed by atoms with van der Waals surface area (Å²) in [7, 11) is -3.65. The number of hydrogen-bond donors (Lipinski definition) is 1. The number of aryl methyl sites for hydroxylation is 1. The fraction of sp³-hybridized carbons (Fsp3) is 0.810. The molecule has 0 saturated carbocycles. The predicted molar refractivity (Wildman–Crippen MR) is 119 cm³/mol. The number of nitrogens with one attached hydrogen (secondary N) is 1. The summed E-state index contributed by atoms with van der Waals surface area (Å²) in [6.07, 6.45) is 7.60. The Labute approximate surface area is 184 Å². The van der Waals surface area contributed by atoms with Crippen LogP contribution < -0.4 is 5.32 Å². The quantitative estimate of drug-likeness (QED) is 0.712. The fourth-order valence-electron chi connectivity index (χ4n) is 5.94. The number of sulfonamides is 1. The predicted octanol–water partition coefficient (Wildman–Crippen LogP) is 3.46. The second kappa shape index (κ2) is 8.84. The average molecular weight is 455 g/mol. The summed E-state index contributed by atoms with van der Waals surface area (Å²) in [6.45, 7) is 8.25. The van der Waals surface area contributed by atoms with E-state index in [9.17, 15) is 13.2 Å². The smallest absolute Gasteiger partial charge is 0.254 e. The number of carbonyl (C=O) groups is 1. The Kier molecular flexibility index (Phi) is 6.53. The van der Waals surface area contributed by atoms with Crippen molar-refractivity contribution in [1.29, 1.82) is 0 Å². The van der Waals surface area contributed by atoms with Crippen LogP contribution in [0.1, 0.15) is 64.5 Å². The first-order chi connectivity index (χ1) is 14.3. The molecule has 3 aliphatic rings. The molecule has 4 atom stereocenters. The number of amides is 1. The minimum absolute atomic E-state index is 0.0582. The summed E-state index contributed by atoms with van der Waals surface area (Å²) in [6, 6.07) is 0.598. The van der Waals surface area contributed by atoms with Gasteiger partial charge in [-0.25, -0.2) is 13.4 Å². The van der Waals surface area contributed by atoms with Crippen molar-refractivity contribution < 1.29 is 13.2 Å². The van der Waals surface area contributed by atoms with Crippen LogP contribution >= 0.6 is 11.3 Å². The molecule has 0 spiro atoms. The topological polar surface area (TPSA) is 82.6 Å². The van der Waals surface area contributed by atoms with Crippen molar-refractivity contribution in [3.05, 3.63) is 5.69 Å². The Morgan fingerprint density at radius 3 is 2.70 bits per heavy atom. The van der Waals surface area contributed by atoms with Crippen LogP contribution in [0.4, 0.5) is 5.13 Å². The van der Waals surface area contributed by atoms with E-state index in [1.54, 1.807) is 6.92 Å². The Morgan fingerprint density at radius 1 is 1.27 bits per heavy atom. The second-order valence-electron chi connectivity index (χ2n) is 9.09. The maximum absolute atomic E-state index is 13.9. The first-order valence-corrected chi connectivity index (χ1v) is 13.6. The molecule has 30 heavy (non-hydrogen) atoms. The van der Waals surface area contributed by atoms with Crippen molar-refractivity contribution in [2.75, 3.05) is 25.0 Å². The molecule has 1 N–H and O–H groups in total. The third-order valence-electron chi connectivity index (χ3n) is 7.06. The van der Waals surface area contributed by atoms with E-state index >= 15 is 0 Å². The molecular formula is C21H34N4O3S2. The van der Waals surface area contributed by atoms with Crippen LogP contribution in [-0.2, 0) is 14.8 Å². The fourth-order valence-corrected chi connectivity index (χ4v) is 9.27. The summed E-state index contributed by atoms with van der Waals surface area (Å²) in [5.41, 5.74) is 0.481. The molecule has 3 fully saturated rings. The molecule has 0 radical (unpaired) electrons. The van der Waals surface area contributed by atoms with Gasteiger partial charge in [0.2, 0.25) is 5.91 Å². The molecule has 9 heteroatoms. The second-order valence-corrected chi connectivity index (χ2v) is 12.2. The molecule has 7 nitrogen and oxygen atoms in total. The summed E-state index contributed by atoms with van der Waals surface area (Å²) >= 11 is 1.08. The summed E-state index contributed by atoms with van der Waals surface area (Å²) < 4.78 is 29.9. The Hall–Kier alpha value is -1.03. The SMILES string of the molecule is CCCC[C@@H]1[C@H]2CCCN3CCC[C@@H](CN1S(=O)(=O)c1sc(NC(C)=O)nc1C)[C@@H]23. The first-order valence-electron chi connectivity index (χ1n) is 11.3. The molecular weight excluding hydrogens is 420 g/mol. The van der Waals surface area contributed by atoms with Crippen LogP contribution in [0.3, 0.4) is 0 Å². The van der Waals surface area contributed by atoms with Crippen LogP contribution in [0.5, 0.6) is 0 Å². The van der Waals surface area contributed by atoms with Gasteiger partial charge in [0.1, 0.15) is 0 Å². The molecule has 0 aromatic carbocycles. The van der Waals surface area contributed by atoms with Gasteiger partial charge in [-0.05, 0) is 64.0 Å². The highest BCUT2D eigenvalue weighted by molar-refractivity contribution is 7.91. The van der Waals surface area contributed by atoms with Crippen molar-refractivity contribution in [2.45, 2.75) is 82.0 Å². The van der Waals surface area contributed by atoms with Gasteiger partial charge in [0.25, 0.3) is 10.0 Å². The van der Waals surface area contributed by atoms with Crippen molar-refractivity contribution in [2.24, 2.45) is 11.8 Å². The summed E-state index contributed by atoms with van der Waals surface area (Å²) in [5.74, 6) is 0.598. The van der Waals surface area contributed by atoms with E-state index in [1.165, 1.54) is 20.0 Å². The van der Waals surface area contributed by atoms with Crippen LogP contribution in [0.25, 0.3) is 0 Å². The maximum atomic E-state index is 13.9. The molecule has 3 aliphatic heterocycles. The van der Waals surface area contributed by atoms with Crippen LogP contribution in [-0.4, -0.2) is 60.2 Å². The summed E-state index contributed by atoms with van der Waals surface area (Å²) in [4.78, 5) is 18.4. The Bertz CT molecular complexity index is 883. The lowest BCUT2D eigenvalue weighted by Gasteiger charge is -2.57. The molecule has 0 bridgehead atoms. The van der Waals surface area contributed by atoms with Crippen molar-refractivity contribution in [3.8, 4) is 0 Å². The van der Waals surface area contributed by atoms with E-state index in [1.807, 2.05) is 4.31 Å². The van der Waals surface area contributed by atoms with E-state index in [2.05, 4.69) is 22.1 Å². The minimum Gasteiger partial charge on any atom is -0.302 e. The Balaban J connectivity index is 1.69. The largest absolute Gasteiger partial charge is 0.302 e. The third-order valence-corrected chi connectivity index (χ3v) is 10.6. The number of nitrogens with zero attached hydrogens (tertiary/aromatic N) is 3. The van der Waals surface area contributed by atoms with Crippen molar-refractivity contribution in [3.63, 3.8) is 0 Å².